The molecule has 4 nitrogen and oxygen atoms in total. The first-order valence-corrected chi connectivity index (χ1v) is 7.38. The summed E-state index contributed by atoms with van der Waals surface area (Å²) >= 11 is 0. The number of rotatable bonds is 2. The summed E-state index contributed by atoms with van der Waals surface area (Å²) in [6.45, 7) is 5.30. The van der Waals surface area contributed by atoms with Crippen LogP contribution in [0, 0.1) is 0 Å². The van der Waals surface area contributed by atoms with Crippen molar-refractivity contribution >= 4 is 27.7 Å². The number of benzene rings is 2. The van der Waals surface area contributed by atoms with Gasteiger partial charge in [0.25, 0.3) is 5.91 Å². The molecule has 0 aliphatic heterocycles. The average Bonchev–Trinajstić information content (AvgIpc) is 2.36. The largest absolute Gasteiger partial charge is 0.507 e. The number of amides is 1. The highest BCUT2D eigenvalue weighted by molar-refractivity contribution is 7.85. The third kappa shape index (κ3) is 2.99. The van der Waals surface area contributed by atoms with E-state index in [-0.39, 0.29) is 11.3 Å². The maximum Gasteiger partial charge on any atom is 0.266 e. The summed E-state index contributed by atoms with van der Waals surface area (Å²) in [5.74, 6) is -0.659. The molecular formula is C15H17NO3S. The highest BCUT2D eigenvalue weighted by Gasteiger charge is 2.23. The minimum atomic E-state index is -1.52. The molecule has 2 rings (SSSR count). The van der Waals surface area contributed by atoms with Crippen molar-refractivity contribution in [2.75, 3.05) is 0 Å². The van der Waals surface area contributed by atoms with E-state index in [1.165, 1.54) is 6.07 Å². The fraction of sp³-hybridized carbons (Fsp3) is 0.267. The van der Waals surface area contributed by atoms with Gasteiger partial charge in [-0.3, -0.25) is 9.52 Å². The zero-order valence-corrected chi connectivity index (χ0v) is 12.5. The Bertz CT molecular complexity index is 689. The summed E-state index contributed by atoms with van der Waals surface area (Å²) in [4.78, 5) is 12.1. The smallest absolute Gasteiger partial charge is 0.266 e. The van der Waals surface area contributed by atoms with Gasteiger partial charge in [0.2, 0.25) is 0 Å². The number of hydrogen-bond donors (Lipinski definition) is 2. The lowest BCUT2D eigenvalue weighted by atomic mass is 10.1. The van der Waals surface area contributed by atoms with Crippen LogP contribution >= 0.6 is 0 Å². The molecule has 5 heteroatoms. The van der Waals surface area contributed by atoms with Gasteiger partial charge < -0.3 is 5.11 Å². The molecule has 2 N–H and O–H groups in total. The number of phenols is 1. The lowest BCUT2D eigenvalue weighted by molar-refractivity contribution is 0.0980. The third-order valence-electron chi connectivity index (χ3n) is 2.85. The standard InChI is InChI=1S/C15H17NO3S/c1-15(2,3)20(19)16-14(18)12-8-10-6-4-5-7-11(10)9-13(12)17/h4-9,17H,1-3H3,(H,16,18)/t20-/m0/s1. The lowest BCUT2D eigenvalue weighted by Crippen LogP contribution is -2.37. The number of fused-ring (bicyclic) bond motifs is 1. The van der Waals surface area contributed by atoms with Crippen LogP contribution in [-0.4, -0.2) is 20.0 Å². The maximum atomic E-state index is 12.1. The second kappa shape index (κ2) is 5.25. The van der Waals surface area contributed by atoms with E-state index < -0.39 is 21.6 Å². The SMILES string of the molecule is CC(C)(C)[S@](=O)NC(=O)c1cc2ccccc2cc1O. The normalized spacial score (nSPS) is 13.2. The summed E-state index contributed by atoms with van der Waals surface area (Å²) in [7, 11) is -1.52. The van der Waals surface area contributed by atoms with Crippen LogP contribution in [0.3, 0.4) is 0 Å². The number of carbonyl (C=O) groups excluding carboxylic acids is 1. The summed E-state index contributed by atoms with van der Waals surface area (Å²) in [5.41, 5.74) is 0.126. The predicted octanol–water partition coefficient (Wildman–Crippen LogP) is 2.74. The van der Waals surface area contributed by atoms with E-state index in [1.54, 1.807) is 26.8 Å². The molecule has 0 bridgehead atoms. The van der Waals surface area contributed by atoms with Crippen LogP contribution in [-0.2, 0) is 11.0 Å². The first-order chi connectivity index (χ1) is 9.29. The van der Waals surface area contributed by atoms with E-state index in [4.69, 9.17) is 0 Å². The van der Waals surface area contributed by atoms with Crippen molar-refractivity contribution in [3.8, 4) is 5.75 Å². The number of nitrogens with one attached hydrogen (secondary N) is 1. The number of phenolic OH excluding ortho intramolecular Hbond substituents is 1. The van der Waals surface area contributed by atoms with Gasteiger partial charge in [0, 0.05) is 0 Å². The van der Waals surface area contributed by atoms with Gasteiger partial charge in [0.15, 0.2) is 0 Å². The van der Waals surface area contributed by atoms with Crippen LogP contribution in [0.5, 0.6) is 5.75 Å². The van der Waals surface area contributed by atoms with Crippen molar-refractivity contribution in [1.82, 2.24) is 4.72 Å². The first-order valence-electron chi connectivity index (χ1n) is 6.23. The third-order valence-corrected chi connectivity index (χ3v) is 4.33. The Hall–Kier alpha value is -1.88. The van der Waals surface area contributed by atoms with Gasteiger partial charge in [-0.2, -0.15) is 0 Å². The summed E-state index contributed by atoms with van der Waals surface area (Å²) in [6, 6.07) is 10.5. The number of aromatic hydroxyl groups is 1. The summed E-state index contributed by atoms with van der Waals surface area (Å²) in [6.07, 6.45) is 0. The average molecular weight is 291 g/mol. The fourth-order valence-electron chi connectivity index (χ4n) is 1.70. The van der Waals surface area contributed by atoms with Gasteiger partial charge in [-0.15, -0.1) is 0 Å². The molecule has 1 atom stereocenters. The Morgan fingerprint density at radius 1 is 1.15 bits per heavy atom. The molecule has 1 amide bonds. The van der Waals surface area contributed by atoms with Crippen LogP contribution in [0.25, 0.3) is 10.8 Å². The number of hydrogen-bond acceptors (Lipinski definition) is 3. The van der Waals surface area contributed by atoms with Gasteiger partial charge in [0.1, 0.15) is 16.7 Å². The summed E-state index contributed by atoms with van der Waals surface area (Å²) < 4.78 is 13.8. The maximum absolute atomic E-state index is 12.1. The topological polar surface area (TPSA) is 66.4 Å². The predicted molar refractivity (Wildman–Crippen MR) is 81.0 cm³/mol. The molecule has 0 fully saturated rings. The molecule has 2 aromatic rings. The Labute approximate surface area is 120 Å². The van der Waals surface area contributed by atoms with Crippen molar-refractivity contribution in [2.45, 2.75) is 25.5 Å². The van der Waals surface area contributed by atoms with Gasteiger partial charge in [-0.05, 0) is 43.7 Å². The molecule has 2 aromatic carbocycles. The van der Waals surface area contributed by atoms with Crippen molar-refractivity contribution < 1.29 is 14.1 Å². The van der Waals surface area contributed by atoms with Gasteiger partial charge in [-0.25, -0.2) is 4.21 Å². The Kier molecular flexibility index (Phi) is 3.81. The first kappa shape index (κ1) is 14.5. The van der Waals surface area contributed by atoms with Gasteiger partial charge >= 0.3 is 0 Å². The lowest BCUT2D eigenvalue weighted by Gasteiger charge is -2.18. The van der Waals surface area contributed by atoms with Crippen molar-refractivity contribution in [3.05, 3.63) is 42.0 Å². The zero-order valence-electron chi connectivity index (χ0n) is 11.6. The second-order valence-corrected chi connectivity index (χ2v) is 7.50. The van der Waals surface area contributed by atoms with E-state index in [0.717, 1.165) is 10.8 Å². The van der Waals surface area contributed by atoms with Crippen LogP contribution in [0.2, 0.25) is 0 Å². The van der Waals surface area contributed by atoms with E-state index in [2.05, 4.69) is 4.72 Å². The molecule has 0 heterocycles. The molecule has 0 aliphatic rings. The fourth-order valence-corrected chi connectivity index (χ4v) is 2.29. The van der Waals surface area contributed by atoms with E-state index >= 15 is 0 Å². The molecule has 20 heavy (non-hydrogen) atoms. The van der Waals surface area contributed by atoms with Gasteiger partial charge in [-0.1, -0.05) is 24.3 Å². The van der Waals surface area contributed by atoms with Crippen molar-refractivity contribution in [2.24, 2.45) is 0 Å². The van der Waals surface area contributed by atoms with E-state index in [0.29, 0.717) is 0 Å². The number of carbonyl (C=O) groups is 1. The Morgan fingerprint density at radius 2 is 1.70 bits per heavy atom. The van der Waals surface area contributed by atoms with Crippen LogP contribution in [0.15, 0.2) is 36.4 Å². The minimum absolute atomic E-state index is 0.118. The molecule has 0 spiro atoms. The molecule has 0 unspecified atom stereocenters. The van der Waals surface area contributed by atoms with Crippen molar-refractivity contribution in [1.29, 1.82) is 0 Å². The van der Waals surface area contributed by atoms with E-state index in [1.807, 2.05) is 24.3 Å². The van der Waals surface area contributed by atoms with E-state index in [9.17, 15) is 14.1 Å². The summed E-state index contributed by atoms with van der Waals surface area (Å²) in [5, 5.41) is 11.6. The molecule has 106 valence electrons. The Morgan fingerprint density at radius 3 is 2.25 bits per heavy atom. The monoisotopic (exact) mass is 291 g/mol. The highest BCUT2D eigenvalue weighted by Crippen LogP contribution is 2.25. The Balaban J connectivity index is 2.35. The molecule has 0 radical (unpaired) electrons. The molecule has 0 saturated heterocycles. The van der Waals surface area contributed by atoms with Crippen LogP contribution in [0.4, 0.5) is 0 Å². The minimum Gasteiger partial charge on any atom is -0.507 e. The van der Waals surface area contributed by atoms with Crippen LogP contribution < -0.4 is 4.72 Å². The zero-order chi connectivity index (χ0) is 14.9. The highest BCUT2D eigenvalue weighted by atomic mass is 32.2. The quantitative estimate of drug-likeness (QED) is 0.894. The van der Waals surface area contributed by atoms with Crippen LogP contribution in [0.1, 0.15) is 31.1 Å². The van der Waals surface area contributed by atoms with Crippen molar-refractivity contribution in [3.63, 3.8) is 0 Å². The second-order valence-electron chi connectivity index (χ2n) is 5.53. The molecule has 0 saturated carbocycles. The molecule has 0 aromatic heterocycles. The molecule has 0 aliphatic carbocycles. The van der Waals surface area contributed by atoms with Gasteiger partial charge in [0.05, 0.1) is 10.3 Å². The molecular weight excluding hydrogens is 274 g/mol.